The van der Waals surface area contributed by atoms with E-state index < -0.39 is 0 Å². The van der Waals surface area contributed by atoms with Crippen molar-refractivity contribution < 1.29 is 0 Å². The van der Waals surface area contributed by atoms with E-state index >= 15 is 0 Å². The van der Waals surface area contributed by atoms with Gasteiger partial charge in [-0.1, -0.05) is 40.9 Å². The van der Waals surface area contributed by atoms with Crippen molar-refractivity contribution >= 4 is 40.7 Å². The first kappa shape index (κ1) is 17.0. The van der Waals surface area contributed by atoms with Gasteiger partial charge in [0.05, 0.1) is 21.9 Å². The van der Waals surface area contributed by atoms with Gasteiger partial charge in [0.1, 0.15) is 0 Å². The van der Waals surface area contributed by atoms with E-state index in [1.54, 1.807) is 18.2 Å². The maximum Gasteiger partial charge on any atom is 0.244 e. The number of halogens is 2. The highest BCUT2D eigenvalue weighted by molar-refractivity contribution is 6.39. The van der Waals surface area contributed by atoms with Crippen LogP contribution < -0.4 is 10.6 Å². The van der Waals surface area contributed by atoms with E-state index in [0.717, 1.165) is 13.0 Å². The molecule has 0 fully saturated rings. The molecule has 1 heterocycles. The number of benzene rings is 1. The van der Waals surface area contributed by atoms with E-state index in [1.165, 1.54) is 37.5 Å². The van der Waals surface area contributed by atoms with Crippen molar-refractivity contribution in [3.63, 3.8) is 0 Å². The topological polar surface area (TPSA) is 62.7 Å². The van der Waals surface area contributed by atoms with Gasteiger partial charge in [-0.3, -0.25) is 0 Å². The first-order chi connectivity index (χ1) is 11.7. The fourth-order valence-electron chi connectivity index (χ4n) is 2.65. The lowest BCUT2D eigenvalue weighted by Crippen LogP contribution is -2.09. The second-order valence-corrected chi connectivity index (χ2v) is 6.49. The maximum atomic E-state index is 6.16. The smallest absolute Gasteiger partial charge is 0.244 e. The minimum Gasteiger partial charge on any atom is -0.353 e. The summed E-state index contributed by atoms with van der Waals surface area (Å²) in [5, 5.41) is 15.3. The zero-order chi connectivity index (χ0) is 16.8. The largest absolute Gasteiger partial charge is 0.353 e. The lowest BCUT2D eigenvalue weighted by atomic mass is 9.97. The number of nitrogens with zero attached hydrogens (tertiary/aromatic N) is 3. The van der Waals surface area contributed by atoms with Gasteiger partial charge >= 0.3 is 0 Å². The van der Waals surface area contributed by atoms with Crippen LogP contribution in [0.5, 0.6) is 0 Å². The van der Waals surface area contributed by atoms with Gasteiger partial charge in [-0.25, -0.2) is 0 Å². The predicted molar refractivity (Wildman–Crippen MR) is 99.2 cm³/mol. The molecule has 0 spiro atoms. The summed E-state index contributed by atoms with van der Waals surface area (Å²) in [6.07, 6.45) is 9.90. The van der Waals surface area contributed by atoms with Gasteiger partial charge < -0.3 is 10.6 Å². The summed E-state index contributed by atoms with van der Waals surface area (Å²) in [7, 11) is 0. The highest BCUT2D eigenvalue weighted by Crippen LogP contribution is 2.31. The van der Waals surface area contributed by atoms with Gasteiger partial charge in [0.25, 0.3) is 0 Å². The molecule has 0 saturated carbocycles. The van der Waals surface area contributed by atoms with Gasteiger partial charge in [-0.05, 0) is 44.2 Å². The lowest BCUT2D eigenvalue weighted by molar-refractivity contribution is 0.679. The molecular formula is C17H19Cl2N5. The van der Waals surface area contributed by atoms with Crippen LogP contribution in [-0.4, -0.2) is 21.7 Å². The Balaban J connectivity index is 1.60. The van der Waals surface area contributed by atoms with Gasteiger partial charge in [0.15, 0.2) is 5.82 Å². The molecule has 1 aliphatic rings. The summed E-state index contributed by atoms with van der Waals surface area (Å²) in [6, 6.07) is 5.32. The molecule has 5 nitrogen and oxygen atoms in total. The van der Waals surface area contributed by atoms with Crippen molar-refractivity contribution in [1.29, 1.82) is 0 Å². The van der Waals surface area contributed by atoms with Crippen LogP contribution in [0.25, 0.3) is 0 Å². The van der Waals surface area contributed by atoms with Crippen LogP contribution in [-0.2, 0) is 0 Å². The van der Waals surface area contributed by atoms with Crippen LogP contribution in [0.15, 0.2) is 36.0 Å². The molecule has 1 aliphatic carbocycles. The first-order valence-electron chi connectivity index (χ1n) is 8.05. The van der Waals surface area contributed by atoms with Crippen molar-refractivity contribution in [2.24, 2.45) is 0 Å². The molecule has 3 rings (SSSR count). The molecular weight excluding hydrogens is 345 g/mol. The van der Waals surface area contributed by atoms with Crippen molar-refractivity contribution in [3.8, 4) is 0 Å². The molecule has 0 amide bonds. The Bertz CT molecular complexity index is 712. The van der Waals surface area contributed by atoms with Crippen LogP contribution in [0, 0.1) is 0 Å². The average molecular weight is 364 g/mol. The maximum absolute atomic E-state index is 6.16. The summed E-state index contributed by atoms with van der Waals surface area (Å²) >= 11 is 12.3. The van der Waals surface area contributed by atoms with E-state index in [4.69, 9.17) is 23.2 Å². The van der Waals surface area contributed by atoms with Crippen molar-refractivity contribution in [1.82, 2.24) is 15.2 Å². The third-order valence-electron chi connectivity index (χ3n) is 3.89. The van der Waals surface area contributed by atoms with Crippen molar-refractivity contribution in [2.75, 3.05) is 17.2 Å². The van der Waals surface area contributed by atoms with Crippen LogP contribution in [0.2, 0.25) is 10.0 Å². The molecule has 0 radical (unpaired) electrons. The first-order valence-corrected chi connectivity index (χ1v) is 8.80. The molecule has 0 saturated heterocycles. The predicted octanol–water partition coefficient (Wildman–Crippen LogP) is 5.22. The summed E-state index contributed by atoms with van der Waals surface area (Å²) in [5.41, 5.74) is 2.12. The third-order valence-corrected chi connectivity index (χ3v) is 4.52. The zero-order valence-corrected chi connectivity index (χ0v) is 14.7. The minimum atomic E-state index is 0.486. The highest BCUT2D eigenvalue weighted by Gasteiger charge is 2.08. The normalized spacial score (nSPS) is 14.2. The van der Waals surface area contributed by atoms with Gasteiger partial charge in [0, 0.05) is 6.54 Å². The molecule has 0 bridgehead atoms. The Morgan fingerprint density at radius 1 is 1.12 bits per heavy atom. The zero-order valence-electron chi connectivity index (χ0n) is 13.2. The summed E-state index contributed by atoms with van der Waals surface area (Å²) in [5.74, 6) is 1.03. The molecule has 24 heavy (non-hydrogen) atoms. The van der Waals surface area contributed by atoms with E-state index in [0.29, 0.717) is 27.5 Å². The molecule has 0 unspecified atom stereocenters. The second-order valence-electron chi connectivity index (χ2n) is 5.67. The average Bonchev–Trinajstić information content (AvgIpc) is 2.60. The SMILES string of the molecule is Clc1cccc(Cl)c1Nc1cnnc(NCCC2=CCCCC2)n1. The number of anilines is 3. The highest BCUT2D eigenvalue weighted by atomic mass is 35.5. The van der Waals surface area contributed by atoms with Gasteiger partial charge in [0.2, 0.25) is 5.95 Å². The fraction of sp³-hybridized carbons (Fsp3) is 0.353. The number of allylic oxidation sites excluding steroid dienone is 1. The number of rotatable bonds is 6. The molecule has 126 valence electrons. The molecule has 0 aliphatic heterocycles. The Kier molecular flexibility index (Phi) is 5.88. The third kappa shape index (κ3) is 4.58. The monoisotopic (exact) mass is 363 g/mol. The number of nitrogens with one attached hydrogen (secondary N) is 2. The Hall–Kier alpha value is -1.85. The van der Waals surface area contributed by atoms with Crippen LogP contribution in [0.4, 0.5) is 17.5 Å². The van der Waals surface area contributed by atoms with Crippen molar-refractivity contribution in [2.45, 2.75) is 32.1 Å². The van der Waals surface area contributed by atoms with Crippen LogP contribution in [0.1, 0.15) is 32.1 Å². The number of hydrogen-bond acceptors (Lipinski definition) is 5. The number of para-hydroxylation sites is 1. The molecule has 2 N–H and O–H groups in total. The molecule has 1 aromatic heterocycles. The quantitative estimate of drug-likeness (QED) is 0.688. The summed E-state index contributed by atoms with van der Waals surface area (Å²) in [4.78, 5) is 4.40. The summed E-state index contributed by atoms with van der Waals surface area (Å²) in [6.45, 7) is 0.795. The van der Waals surface area contributed by atoms with Crippen LogP contribution >= 0.6 is 23.2 Å². The second kappa shape index (κ2) is 8.31. The molecule has 7 heteroatoms. The van der Waals surface area contributed by atoms with Gasteiger partial charge in [-0.15, -0.1) is 5.10 Å². The fourth-order valence-corrected chi connectivity index (χ4v) is 3.14. The van der Waals surface area contributed by atoms with E-state index in [1.807, 2.05) is 0 Å². The van der Waals surface area contributed by atoms with E-state index in [-0.39, 0.29) is 0 Å². The van der Waals surface area contributed by atoms with E-state index in [2.05, 4.69) is 31.9 Å². The Labute approximate surface area is 151 Å². The molecule has 1 aromatic carbocycles. The molecule has 0 atom stereocenters. The Morgan fingerprint density at radius 2 is 1.96 bits per heavy atom. The van der Waals surface area contributed by atoms with E-state index in [9.17, 15) is 0 Å². The minimum absolute atomic E-state index is 0.486. The number of hydrogen-bond donors (Lipinski definition) is 2. The Morgan fingerprint density at radius 3 is 2.71 bits per heavy atom. The van der Waals surface area contributed by atoms with Crippen LogP contribution in [0.3, 0.4) is 0 Å². The molecule has 2 aromatic rings. The van der Waals surface area contributed by atoms with Gasteiger partial charge in [-0.2, -0.15) is 10.1 Å². The lowest BCUT2D eigenvalue weighted by Gasteiger charge is -2.13. The summed E-state index contributed by atoms with van der Waals surface area (Å²) < 4.78 is 0. The van der Waals surface area contributed by atoms with Crippen molar-refractivity contribution in [3.05, 3.63) is 46.1 Å². The standard InChI is InChI=1S/C17H19Cl2N5/c18-13-7-4-8-14(19)16(13)22-15-11-21-24-17(23-15)20-10-9-12-5-2-1-3-6-12/h4-5,7-8,11H,1-3,6,9-10H2,(H2,20,22,23,24). The number of aromatic nitrogens is 3.